The average Bonchev–Trinajstić information content (AvgIpc) is 2.62. The molecule has 2 aromatic carbocycles. The Bertz CT molecular complexity index is 616. The minimum Gasteiger partial charge on any atom is -0.376 e. The van der Waals surface area contributed by atoms with Crippen LogP contribution >= 0.6 is 0 Å². The summed E-state index contributed by atoms with van der Waals surface area (Å²) < 4.78 is 5.63. The van der Waals surface area contributed by atoms with Gasteiger partial charge in [0.15, 0.2) is 0 Å². The molecule has 0 bridgehead atoms. The maximum Gasteiger partial charge on any atom is 0.224 e. The zero-order valence-corrected chi connectivity index (χ0v) is 13.3. The highest BCUT2D eigenvalue weighted by Gasteiger charge is 2.14. The lowest BCUT2D eigenvalue weighted by Crippen LogP contribution is -2.36. The molecule has 3 heteroatoms. The highest BCUT2D eigenvalue weighted by atomic mass is 16.5. The predicted molar refractivity (Wildman–Crippen MR) is 92.2 cm³/mol. The molecule has 1 N–H and O–H groups in total. The molecule has 1 saturated heterocycles. The lowest BCUT2D eigenvalue weighted by atomic mass is 10.0. The quantitative estimate of drug-likeness (QED) is 0.917. The number of nitrogens with one attached hydrogen (secondary N) is 1. The van der Waals surface area contributed by atoms with Gasteiger partial charge in [-0.15, -0.1) is 0 Å². The first kappa shape index (κ1) is 15.8. The van der Waals surface area contributed by atoms with Crippen LogP contribution in [0.4, 0.5) is 0 Å². The van der Waals surface area contributed by atoms with Crippen molar-refractivity contribution in [3.8, 4) is 11.1 Å². The molecule has 23 heavy (non-hydrogen) atoms. The molecule has 1 fully saturated rings. The van der Waals surface area contributed by atoms with Crippen LogP contribution in [0.5, 0.6) is 0 Å². The van der Waals surface area contributed by atoms with Crippen molar-refractivity contribution in [3.05, 3.63) is 60.2 Å². The first-order valence-corrected chi connectivity index (χ1v) is 8.34. The van der Waals surface area contributed by atoms with Gasteiger partial charge in [0.05, 0.1) is 12.5 Å². The SMILES string of the molecule is O=C(Cc1ccc(-c2ccccc2)cc1)NC[C@H]1CCCCO1. The Balaban J connectivity index is 1.50. The summed E-state index contributed by atoms with van der Waals surface area (Å²) in [6.45, 7) is 1.45. The molecular formula is C20H23NO2. The Morgan fingerprint density at radius 2 is 1.74 bits per heavy atom. The molecule has 0 aromatic heterocycles. The maximum atomic E-state index is 12.0. The molecule has 1 amide bonds. The van der Waals surface area contributed by atoms with Gasteiger partial charge in [0, 0.05) is 13.2 Å². The molecule has 0 radical (unpaired) electrons. The summed E-state index contributed by atoms with van der Waals surface area (Å²) in [4.78, 5) is 12.0. The third-order valence-electron chi connectivity index (χ3n) is 4.23. The molecule has 1 aliphatic heterocycles. The molecule has 3 nitrogen and oxygen atoms in total. The average molecular weight is 309 g/mol. The van der Waals surface area contributed by atoms with E-state index in [9.17, 15) is 4.79 Å². The summed E-state index contributed by atoms with van der Waals surface area (Å²) in [5.74, 6) is 0.0617. The Hall–Kier alpha value is -2.13. The minimum atomic E-state index is 0.0617. The summed E-state index contributed by atoms with van der Waals surface area (Å²) in [5, 5.41) is 2.98. The summed E-state index contributed by atoms with van der Waals surface area (Å²) >= 11 is 0. The van der Waals surface area contributed by atoms with Crippen molar-refractivity contribution in [2.24, 2.45) is 0 Å². The van der Waals surface area contributed by atoms with E-state index < -0.39 is 0 Å². The van der Waals surface area contributed by atoms with E-state index in [1.807, 2.05) is 30.3 Å². The van der Waals surface area contributed by atoms with Crippen LogP contribution < -0.4 is 5.32 Å². The van der Waals surface area contributed by atoms with E-state index in [1.54, 1.807) is 0 Å². The van der Waals surface area contributed by atoms with Crippen LogP contribution in [0.15, 0.2) is 54.6 Å². The molecule has 120 valence electrons. The van der Waals surface area contributed by atoms with Gasteiger partial charge in [0.25, 0.3) is 0 Å². The summed E-state index contributed by atoms with van der Waals surface area (Å²) in [6, 6.07) is 18.5. The summed E-state index contributed by atoms with van der Waals surface area (Å²) in [6.07, 6.45) is 3.99. The van der Waals surface area contributed by atoms with Gasteiger partial charge in [-0.3, -0.25) is 4.79 Å². The molecule has 0 unspecified atom stereocenters. The Morgan fingerprint density at radius 1 is 1.00 bits per heavy atom. The van der Waals surface area contributed by atoms with Crippen LogP contribution in [-0.4, -0.2) is 25.2 Å². The molecule has 2 aromatic rings. The van der Waals surface area contributed by atoms with Gasteiger partial charge in [-0.2, -0.15) is 0 Å². The van der Waals surface area contributed by atoms with E-state index in [-0.39, 0.29) is 12.0 Å². The Morgan fingerprint density at radius 3 is 2.43 bits per heavy atom. The number of rotatable bonds is 5. The van der Waals surface area contributed by atoms with E-state index in [1.165, 1.54) is 17.5 Å². The molecule has 0 aliphatic carbocycles. The minimum absolute atomic E-state index is 0.0617. The number of carbonyl (C=O) groups excluding carboxylic acids is 1. The molecule has 1 heterocycles. The van der Waals surface area contributed by atoms with Crippen LogP contribution in [0.25, 0.3) is 11.1 Å². The van der Waals surface area contributed by atoms with Crippen molar-refractivity contribution < 1.29 is 9.53 Å². The molecular weight excluding hydrogens is 286 g/mol. The fourth-order valence-electron chi connectivity index (χ4n) is 2.89. The maximum absolute atomic E-state index is 12.0. The second-order valence-corrected chi connectivity index (χ2v) is 6.03. The van der Waals surface area contributed by atoms with E-state index in [0.717, 1.165) is 25.0 Å². The van der Waals surface area contributed by atoms with Crippen LogP contribution in [0, 0.1) is 0 Å². The monoisotopic (exact) mass is 309 g/mol. The van der Waals surface area contributed by atoms with Crippen molar-refractivity contribution in [2.45, 2.75) is 31.8 Å². The molecule has 0 saturated carbocycles. The first-order chi connectivity index (χ1) is 11.3. The number of ether oxygens (including phenoxy) is 1. The Kier molecular flexibility index (Phi) is 5.43. The normalized spacial score (nSPS) is 17.7. The number of amides is 1. The fraction of sp³-hybridized carbons (Fsp3) is 0.350. The smallest absolute Gasteiger partial charge is 0.224 e. The number of benzene rings is 2. The number of hydrogen-bond donors (Lipinski definition) is 1. The van der Waals surface area contributed by atoms with Gasteiger partial charge in [0.1, 0.15) is 0 Å². The summed E-state index contributed by atoms with van der Waals surface area (Å²) in [5.41, 5.74) is 3.40. The fourth-order valence-corrected chi connectivity index (χ4v) is 2.89. The van der Waals surface area contributed by atoms with Crippen molar-refractivity contribution in [1.82, 2.24) is 5.32 Å². The van der Waals surface area contributed by atoms with E-state index in [0.29, 0.717) is 13.0 Å². The van der Waals surface area contributed by atoms with Crippen molar-refractivity contribution in [2.75, 3.05) is 13.2 Å². The Labute approximate surface area is 137 Å². The topological polar surface area (TPSA) is 38.3 Å². The van der Waals surface area contributed by atoms with Crippen LogP contribution in [0.2, 0.25) is 0 Å². The van der Waals surface area contributed by atoms with Gasteiger partial charge in [0.2, 0.25) is 5.91 Å². The van der Waals surface area contributed by atoms with Crippen LogP contribution in [0.1, 0.15) is 24.8 Å². The van der Waals surface area contributed by atoms with Crippen LogP contribution in [0.3, 0.4) is 0 Å². The van der Waals surface area contributed by atoms with E-state index in [4.69, 9.17) is 4.74 Å². The lowest BCUT2D eigenvalue weighted by Gasteiger charge is -2.22. The third-order valence-corrected chi connectivity index (χ3v) is 4.23. The zero-order valence-electron chi connectivity index (χ0n) is 13.3. The largest absolute Gasteiger partial charge is 0.376 e. The highest BCUT2D eigenvalue weighted by Crippen LogP contribution is 2.19. The van der Waals surface area contributed by atoms with E-state index in [2.05, 4.69) is 29.6 Å². The van der Waals surface area contributed by atoms with Gasteiger partial charge in [-0.1, -0.05) is 54.6 Å². The molecule has 1 aliphatic rings. The standard InChI is InChI=1S/C20H23NO2/c22-20(21-15-19-8-4-5-13-23-19)14-16-9-11-18(12-10-16)17-6-2-1-3-7-17/h1-3,6-7,9-12,19H,4-5,8,13-15H2,(H,21,22)/t19-/m1/s1. The second-order valence-electron chi connectivity index (χ2n) is 6.03. The third kappa shape index (κ3) is 4.67. The molecule has 0 spiro atoms. The zero-order chi connectivity index (χ0) is 15.9. The summed E-state index contributed by atoms with van der Waals surface area (Å²) in [7, 11) is 0. The number of carbonyl (C=O) groups is 1. The van der Waals surface area contributed by atoms with Crippen molar-refractivity contribution in [1.29, 1.82) is 0 Å². The van der Waals surface area contributed by atoms with Crippen molar-refractivity contribution in [3.63, 3.8) is 0 Å². The first-order valence-electron chi connectivity index (χ1n) is 8.34. The predicted octanol–water partition coefficient (Wildman–Crippen LogP) is 3.58. The van der Waals surface area contributed by atoms with Crippen molar-refractivity contribution >= 4 is 5.91 Å². The molecule has 1 atom stereocenters. The van der Waals surface area contributed by atoms with Gasteiger partial charge in [-0.05, 0) is 36.0 Å². The van der Waals surface area contributed by atoms with Gasteiger partial charge >= 0.3 is 0 Å². The van der Waals surface area contributed by atoms with E-state index >= 15 is 0 Å². The van der Waals surface area contributed by atoms with Crippen LogP contribution in [-0.2, 0) is 16.0 Å². The second kappa shape index (κ2) is 7.93. The number of hydrogen-bond acceptors (Lipinski definition) is 2. The molecule has 3 rings (SSSR count). The van der Waals surface area contributed by atoms with Gasteiger partial charge in [-0.25, -0.2) is 0 Å². The lowest BCUT2D eigenvalue weighted by molar-refractivity contribution is -0.121. The van der Waals surface area contributed by atoms with Gasteiger partial charge < -0.3 is 10.1 Å². The highest BCUT2D eigenvalue weighted by molar-refractivity contribution is 5.78.